The molecule has 0 aliphatic rings. The Morgan fingerprint density at radius 2 is 1.78 bits per heavy atom. The molecule has 0 aliphatic heterocycles. The van der Waals surface area contributed by atoms with E-state index < -0.39 is 0 Å². The van der Waals surface area contributed by atoms with E-state index in [1.165, 1.54) is 16.7 Å². The second-order valence-electron chi connectivity index (χ2n) is 6.53. The normalized spacial score (nSPS) is 11.0. The number of hydrogen-bond acceptors (Lipinski definition) is 4. The Labute approximate surface area is 173 Å². The van der Waals surface area contributed by atoms with Crippen LogP contribution < -0.4 is 4.74 Å². The van der Waals surface area contributed by atoms with E-state index in [0.29, 0.717) is 0 Å². The van der Waals surface area contributed by atoms with Gasteiger partial charge in [-0.25, -0.2) is 0 Å². The minimum Gasteiger partial charge on any atom is -0.496 e. The van der Waals surface area contributed by atoms with Crippen LogP contribution in [0.2, 0.25) is 0 Å². The molecule has 0 radical (unpaired) electrons. The Hall–Kier alpha value is -1.79. The summed E-state index contributed by atoms with van der Waals surface area (Å²) in [5.74, 6) is 2.88. The van der Waals surface area contributed by atoms with Gasteiger partial charge in [0, 0.05) is 23.7 Å². The second kappa shape index (κ2) is 9.42. The lowest BCUT2D eigenvalue weighted by molar-refractivity contribution is 0.411. The standard InChI is InChI=1S/C21H24BrN3OS/c1-15-13-16(9-12-19(15)26-3)5-4-6-20-23-24-21(25(20)2)27-14-17-7-10-18(22)11-8-17/h7-13H,4-6,14H2,1-3H3. The third kappa shape index (κ3) is 5.36. The minimum absolute atomic E-state index is 0.893. The van der Waals surface area contributed by atoms with E-state index in [-0.39, 0.29) is 0 Å². The summed E-state index contributed by atoms with van der Waals surface area (Å²) in [5, 5.41) is 9.71. The van der Waals surface area contributed by atoms with Crippen LogP contribution in [0, 0.1) is 6.92 Å². The highest BCUT2D eigenvalue weighted by Crippen LogP contribution is 2.23. The van der Waals surface area contributed by atoms with Crippen molar-refractivity contribution in [1.82, 2.24) is 14.8 Å². The fourth-order valence-corrected chi connectivity index (χ4v) is 4.11. The summed E-state index contributed by atoms with van der Waals surface area (Å²) in [6, 6.07) is 14.8. The van der Waals surface area contributed by atoms with Gasteiger partial charge >= 0.3 is 0 Å². The molecule has 0 spiro atoms. The summed E-state index contributed by atoms with van der Waals surface area (Å²) in [4.78, 5) is 0. The van der Waals surface area contributed by atoms with Crippen LogP contribution >= 0.6 is 27.7 Å². The summed E-state index contributed by atoms with van der Waals surface area (Å²) in [5.41, 5.74) is 3.79. The van der Waals surface area contributed by atoms with Crippen molar-refractivity contribution in [3.8, 4) is 5.75 Å². The van der Waals surface area contributed by atoms with E-state index in [9.17, 15) is 0 Å². The molecule has 0 unspecified atom stereocenters. The van der Waals surface area contributed by atoms with Gasteiger partial charge < -0.3 is 9.30 Å². The fourth-order valence-electron chi connectivity index (χ4n) is 2.96. The smallest absolute Gasteiger partial charge is 0.191 e. The van der Waals surface area contributed by atoms with Crippen LogP contribution in [0.25, 0.3) is 0 Å². The van der Waals surface area contributed by atoms with Crippen LogP contribution in [0.5, 0.6) is 5.75 Å². The first-order valence-corrected chi connectivity index (χ1v) is 10.7. The Bertz CT molecular complexity index is 893. The molecule has 1 heterocycles. The average Bonchev–Trinajstić information content (AvgIpc) is 3.01. The molecule has 0 bridgehead atoms. The van der Waals surface area contributed by atoms with E-state index in [2.05, 4.69) is 81.1 Å². The number of aromatic nitrogens is 3. The predicted molar refractivity (Wildman–Crippen MR) is 114 cm³/mol. The predicted octanol–water partition coefficient (Wildman–Crippen LogP) is 5.36. The van der Waals surface area contributed by atoms with E-state index in [1.54, 1.807) is 18.9 Å². The second-order valence-corrected chi connectivity index (χ2v) is 8.39. The Balaban J connectivity index is 1.52. The maximum atomic E-state index is 5.33. The van der Waals surface area contributed by atoms with Gasteiger partial charge in [0.2, 0.25) is 0 Å². The number of halogens is 1. The molecule has 0 saturated carbocycles. The minimum atomic E-state index is 0.893. The van der Waals surface area contributed by atoms with Gasteiger partial charge in [0.15, 0.2) is 5.16 Å². The summed E-state index contributed by atoms with van der Waals surface area (Å²) < 4.78 is 8.54. The largest absolute Gasteiger partial charge is 0.496 e. The number of methoxy groups -OCH3 is 1. The molecular formula is C21H24BrN3OS. The van der Waals surface area contributed by atoms with Gasteiger partial charge in [-0.1, -0.05) is 52.0 Å². The first-order valence-electron chi connectivity index (χ1n) is 8.96. The molecule has 1 aromatic heterocycles. The summed E-state index contributed by atoms with van der Waals surface area (Å²) in [6.07, 6.45) is 3.00. The highest BCUT2D eigenvalue weighted by atomic mass is 79.9. The molecule has 6 heteroatoms. The van der Waals surface area contributed by atoms with Crippen LogP contribution in [0.3, 0.4) is 0 Å². The van der Waals surface area contributed by atoms with Crippen molar-refractivity contribution in [2.45, 2.75) is 37.1 Å². The topological polar surface area (TPSA) is 39.9 Å². The molecule has 3 aromatic rings. The fraction of sp³-hybridized carbons (Fsp3) is 0.333. The molecule has 4 nitrogen and oxygen atoms in total. The van der Waals surface area contributed by atoms with Gasteiger partial charge in [0.05, 0.1) is 7.11 Å². The number of rotatable bonds is 8. The van der Waals surface area contributed by atoms with Crippen molar-refractivity contribution in [1.29, 1.82) is 0 Å². The summed E-state index contributed by atoms with van der Waals surface area (Å²) >= 11 is 5.19. The maximum absolute atomic E-state index is 5.33. The van der Waals surface area contributed by atoms with Crippen molar-refractivity contribution in [2.24, 2.45) is 7.05 Å². The summed E-state index contributed by atoms with van der Waals surface area (Å²) in [6.45, 7) is 2.08. The lowest BCUT2D eigenvalue weighted by atomic mass is 10.0. The molecule has 0 saturated heterocycles. The first kappa shape index (κ1) is 20.0. The number of thioether (sulfide) groups is 1. The molecule has 3 rings (SSSR count). The van der Waals surface area contributed by atoms with Crippen LogP contribution in [-0.2, 0) is 25.6 Å². The monoisotopic (exact) mass is 445 g/mol. The third-order valence-electron chi connectivity index (χ3n) is 4.53. The van der Waals surface area contributed by atoms with Crippen LogP contribution in [0.1, 0.15) is 28.9 Å². The molecular weight excluding hydrogens is 422 g/mol. The molecule has 2 aromatic carbocycles. The number of ether oxygens (including phenoxy) is 1. The van der Waals surface area contributed by atoms with Crippen LogP contribution in [0.4, 0.5) is 0 Å². The van der Waals surface area contributed by atoms with E-state index >= 15 is 0 Å². The SMILES string of the molecule is COc1ccc(CCCc2nnc(SCc3ccc(Br)cc3)n2C)cc1C. The number of aryl methyl sites for hydroxylation is 3. The molecule has 142 valence electrons. The quantitative estimate of drug-likeness (QED) is 0.437. The zero-order valence-corrected chi connectivity index (χ0v) is 18.3. The van der Waals surface area contributed by atoms with E-state index in [0.717, 1.165) is 46.2 Å². The molecule has 0 N–H and O–H groups in total. The average molecular weight is 446 g/mol. The molecule has 0 atom stereocenters. The molecule has 27 heavy (non-hydrogen) atoms. The number of hydrogen-bond donors (Lipinski definition) is 0. The van der Waals surface area contributed by atoms with Gasteiger partial charge in [-0.05, 0) is 54.7 Å². The Morgan fingerprint density at radius 1 is 1.04 bits per heavy atom. The zero-order valence-electron chi connectivity index (χ0n) is 15.9. The Kier molecular flexibility index (Phi) is 6.96. The molecule has 0 aliphatic carbocycles. The van der Waals surface area contributed by atoms with Gasteiger partial charge in [-0.2, -0.15) is 0 Å². The highest BCUT2D eigenvalue weighted by molar-refractivity contribution is 9.10. The maximum Gasteiger partial charge on any atom is 0.191 e. The van der Waals surface area contributed by atoms with Gasteiger partial charge in [-0.15, -0.1) is 10.2 Å². The zero-order chi connectivity index (χ0) is 19.2. The van der Waals surface area contributed by atoms with Crippen molar-refractivity contribution in [3.63, 3.8) is 0 Å². The first-order chi connectivity index (χ1) is 13.1. The van der Waals surface area contributed by atoms with E-state index in [1.807, 2.05) is 6.07 Å². The van der Waals surface area contributed by atoms with Gasteiger partial charge in [0.25, 0.3) is 0 Å². The van der Waals surface area contributed by atoms with Crippen molar-refractivity contribution in [2.75, 3.05) is 7.11 Å². The number of benzene rings is 2. The van der Waals surface area contributed by atoms with Crippen molar-refractivity contribution in [3.05, 3.63) is 69.5 Å². The Morgan fingerprint density at radius 3 is 2.48 bits per heavy atom. The lowest BCUT2D eigenvalue weighted by Gasteiger charge is -2.07. The van der Waals surface area contributed by atoms with Crippen LogP contribution in [-0.4, -0.2) is 21.9 Å². The van der Waals surface area contributed by atoms with E-state index in [4.69, 9.17) is 4.74 Å². The van der Waals surface area contributed by atoms with Crippen molar-refractivity contribution >= 4 is 27.7 Å². The highest BCUT2D eigenvalue weighted by Gasteiger charge is 2.10. The third-order valence-corrected chi connectivity index (χ3v) is 6.15. The van der Waals surface area contributed by atoms with Gasteiger partial charge in [0.1, 0.15) is 11.6 Å². The molecule has 0 fully saturated rings. The van der Waals surface area contributed by atoms with Crippen molar-refractivity contribution < 1.29 is 4.74 Å². The number of nitrogens with zero attached hydrogens (tertiary/aromatic N) is 3. The lowest BCUT2D eigenvalue weighted by Crippen LogP contribution is -2.01. The summed E-state index contributed by atoms with van der Waals surface area (Å²) in [7, 11) is 3.76. The van der Waals surface area contributed by atoms with Crippen LogP contribution in [0.15, 0.2) is 52.1 Å². The molecule has 0 amide bonds. The van der Waals surface area contributed by atoms with Gasteiger partial charge in [-0.3, -0.25) is 0 Å².